The highest BCUT2D eigenvalue weighted by Gasteiger charge is 2.20. The average Bonchev–Trinajstić information content (AvgIpc) is 2.41. The lowest BCUT2D eigenvalue weighted by Gasteiger charge is -2.29. The van der Waals surface area contributed by atoms with Crippen molar-refractivity contribution in [3.8, 4) is 0 Å². The van der Waals surface area contributed by atoms with Gasteiger partial charge < -0.3 is 21.0 Å². The minimum Gasteiger partial charge on any atom is -0.623 e. The average molecular weight is 288 g/mol. The van der Waals surface area contributed by atoms with Crippen LogP contribution in [0.2, 0.25) is 0 Å². The first-order valence-corrected chi connectivity index (χ1v) is 6.28. The summed E-state index contributed by atoms with van der Waals surface area (Å²) in [6.07, 6.45) is 1.19. The van der Waals surface area contributed by atoms with Gasteiger partial charge in [0.1, 0.15) is 0 Å². The summed E-state index contributed by atoms with van der Waals surface area (Å²) in [6.45, 7) is 0. The first-order valence-electron chi connectivity index (χ1n) is 6.28. The van der Waals surface area contributed by atoms with Crippen LogP contribution in [0, 0.1) is 10.4 Å². The standard InChI is InChI=1S/C14H16N4O3/c1-18(2,21)13-10-12(8-9-17(13)20)16-14(19)15-11-6-4-3-5-7-11/h3-10H,1-2H3,(H2,15,16,19). The number of quaternary nitrogens is 1. The van der Waals surface area contributed by atoms with Crippen molar-refractivity contribution in [2.45, 2.75) is 0 Å². The molecule has 0 unspecified atom stereocenters. The van der Waals surface area contributed by atoms with Crippen molar-refractivity contribution in [3.63, 3.8) is 0 Å². The fourth-order valence-electron chi connectivity index (χ4n) is 1.76. The lowest BCUT2D eigenvalue weighted by molar-refractivity contribution is -0.598. The number of para-hydroxylation sites is 1. The van der Waals surface area contributed by atoms with Gasteiger partial charge in [-0.3, -0.25) is 4.65 Å². The second kappa shape index (κ2) is 5.78. The largest absolute Gasteiger partial charge is 0.623 e. The zero-order valence-corrected chi connectivity index (χ0v) is 11.7. The van der Waals surface area contributed by atoms with Crippen molar-refractivity contribution in [3.05, 3.63) is 59.1 Å². The van der Waals surface area contributed by atoms with Gasteiger partial charge in [-0.25, -0.2) is 4.79 Å². The monoisotopic (exact) mass is 288 g/mol. The number of aromatic nitrogens is 1. The fraction of sp³-hybridized carbons (Fsp3) is 0.143. The van der Waals surface area contributed by atoms with Crippen LogP contribution in [0.5, 0.6) is 0 Å². The van der Waals surface area contributed by atoms with Crippen LogP contribution in [0.1, 0.15) is 0 Å². The first-order chi connectivity index (χ1) is 9.86. The predicted molar refractivity (Wildman–Crippen MR) is 81.5 cm³/mol. The van der Waals surface area contributed by atoms with E-state index in [1.54, 1.807) is 24.3 Å². The van der Waals surface area contributed by atoms with E-state index >= 15 is 0 Å². The Morgan fingerprint density at radius 1 is 1.10 bits per heavy atom. The molecule has 0 aliphatic rings. The highest BCUT2D eigenvalue weighted by Crippen LogP contribution is 2.17. The van der Waals surface area contributed by atoms with Gasteiger partial charge in [0.15, 0.2) is 6.20 Å². The molecular formula is C14H16N4O3. The lowest BCUT2D eigenvalue weighted by Crippen LogP contribution is -2.44. The normalized spacial score (nSPS) is 11.0. The van der Waals surface area contributed by atoms with Gasteiger partial charge in [0, 0.05) is 11.8 Å². The quantitative estimate of drug-likeness (QED) is 0.392. The van der Waals surface area contributed by atoms with Crippen molar-refractivity contribution in [2.24, 2.45) is 0 Å². The van der Waals surface area contributed by atoms with Gasteiger partial charge >= 0.3 is 11.8 Å². The minimum atomic E-state index is -0.890. The molecule has 7 heteroatoms. The van der Waals surface area contributed by atoms with E-state index in [0.717, 1.165) is 0 Å². The number of amides is 2. The highest BCUT2D eigenvalue weighted by atomic mass is 16.6. The van der Waals surface area contributed by atoms with E-state index in [9.17, 15) is 15.2 Å². The molecule has 0 spiro atoms. The Bertz CT molecular complexity index is 638. The number of benzene rings is 1. The number of hydroxylamine groups is 2. The molecule has 0 saturated heterocycles. The Balaban J connectivity index is 2.11. The van der Waals surface area contributed by atoms with Crippen LogP contribution in [0.25, 0.3) is 0 Å². The van der Waals surface area contributed by atoms with E-state index in [2.05, 4.69) is 10.6 Å². The van der Waals surface area contributed by atoms with Crippen LogP contribution >= 0.6 is 0 Å². The van der Waals surface area contributed by atoms with E-state index in [4.69, 9.17) is 0 Å². The van der Waals surface area contributed by atoms with Crippen molar-refractivity contribution in [1.29, 1.82) is 0 Å². The number of carbonyl (C=O) groups is 1. The minimum absolute atomic E-state index is 0.0208. The predicted octanol–water partition coefficient (Wildman–Crippen LogP) is 2.03. The zero-order chi connectivity index (χ0) is 15.5. The van der Waals surface area contributed by atoms with Gasteiger partial charge in [0.2, 0.25) is 0 Å². The molecule has 7 nitrogen and oxygen atoms in total. The summed E-state index contributed by atoms with van der Waals surface area (Å²) in [5.41, 5.74) is 1.01. The molecule has 1 aromatic carbocycles. The van der Waals surface area contributed by atoms with Gasteiger partial charge in [0.05, 0.1) is 25.8 Å². The number of hydrogen-bond acceptors (Lipinski definition) is 3. The molecule has 21 heavy (non-hydrogen) atoms. The number of hydrogen-bond donors (Lipinski definition) is 2. The summed E-state index contributed by atoms with van der Waals surface area (Å²) in [4.78, 5) is 11.8. The van der Waals surface area contributed by atoms with Crippen LogP contribution in [0.15, 0.2) is 48.7 Å². The van der Waals surface area contributed by atoms with Gasteiger partial charge in [-0.05, 0) is 12.1 Å². The third-order valence-electron chi connectivity index (χ3n) is 2.74. The lowest BCUT2D eigenvalue weighted by atomic mass is 10.3. The van der Waals surface area contributed by atoms with Crippen molar-refractivity contribution >= 4 is 23.2 Å². The van der Waals surface area contributed by atoms with Gasteiger partial charge in [-0.1, -0.05) is 18.2 Å². The van der Waals surface area contributed by atoms with Crippen LogP contribution in [-0.4, -0.2) is 20.1 Å². The second-order valence-corrected chi connectivity index (χ2v) is 4.90. The van der Waals surface area contributed by atoms with Crippen LogP contribution in [0.3, 0.4) is 0 Å². The molecule has 1 heterocycles. The van der Waals surface area contributed by atoms with Crippen molar-refractivity contribution < 1.29 is 9.52 Å². The smallest absolute Gasteiger partial charge is 0.381 e. The van der Waals surface area contributed by atoms with Crippen molar-refractivity contribution in [1.82, 2.24) is 4.65 Å². The van der Waals surface area contributed by atoms with E-state index in [1.807, 2.05) is 6.07 Å². The maximum absolute atomic E-state index is 11.8. The van der Waals surface area contributed by atoms with Gasteiger partial charge in [-0.15, -0.1) is 4.73 Å². The number of nitrogens with one attached hydrogen (secondary N) is 2. The molecule has 110 valence electrons. The van der Waals surface area contributed by atoms with E-state index in [1.165, 1.54) is 32.4 Å². The Morgan fingerprint density at radius 2 is 1.71 bits per heavy atom. The number of anilines is 2. The summed E-state index contributed by atoms with van der Waals surface area (Å²) in [5, 5.41) is 28.6. The molecule has 0 bridgehead atoms. The molecule has 2 rings (SSSR count). The maximum Gasteiger partial charge on any atom is 0.381 e. The van der Waals surface area contributed by atoms with E-state index in [-0.39, 0.29) is 5.82 Å². The molecule has 2 aromatic rings. The summed E-state index contributed by atoms with van der Waals surface area (Å²) in [5.74, 6) is -0.0208. The number of urea groups is 1. The molecule has 0 atom stereocenters. The third-order valence-corrected chi connectivity index (χ3v) is 2.74. The Kier molecular flexibility index (Phi) is 4.06. The van der Waals surface area contributed by atoms with Crippen LogP contribution < -0.4 is 20.0 Å². The summed E-state index contributed by atoms with van der Waals surface area (Å²) in [6, 6.07) is 11.3. The summed E-state index contributed by atoms with van der Waals surface area (Å²) in [7, 11) is 2.66. The van der Waals surface area contributed by atoms with Crippen LogP contribution in [0.4, 0.5) is 22.0 Å². The molecule has 1 aromatic heterocycles. The number of pyridine rings is 1. The molecule has 0 fully saturated rings. The zero-order valence-electron chi connectivity index (χ0n) is 11.7. The third kappa shape index (κ3) is 3.91. The van der Waals surface area contributed by atoms with Crippen LogP contribution in [-0.2, 0) is 0 Å². The molecule has 0 radical (unpaired) electrons. The van der Waals surface area contributed by atoms with E-state index < -0.39 is 10.7 Å². The highest BCUT2D eigenvalue weighted by molar-refractivity contribution is 5.99. The van der Waals surface area contributed by atoms with Crippen molar-refractivity contribution in [2.75, 3.05) is 24.7 Å². The molecule has 2 amide bonds. The Hall–Kier alpha value is -2.64. The topological polar surface area (TPSA) is 91.1 Å². The first kappa shape index (κ1) is 14.8. The molecule has 0 saturated carbocycles. The molecular weight excluding hydrogens is 272 g/mol. The fourth-order valence-corrected chi connectivity index (χ4v) is 1.76. The van der Waals surface area contributed by atoms with E-state index in [0.29, 0.717) is 16.1 Å². The summed E-state index contributed by atoms with van der Waals surface area (Å²) < 4.78 is -0.410. The molecule has 0 aliphatic heterocycles. The van der Waals surface area contributed by atoms with Gasteiger partial charge in [0.25, 0.3) is 0 Å². The molecule has 0 aliphatic carbocycles. The Morgan fingerprint density at radius 3 is 2.33 bits per heavy atom. The Labute approximate surface area is 122 Å². The number of rotatable bonds is 3. The second-order valence-electron chi connectivity index (χ2n) is 4.90. The molecule has 2 N–H and O–H groups in total. The maximum atomic E-state index is 11.8. The van der Waals surface area contributed by atoms with Gasteiger partial charge in [-0.2, -0.15) is 0 Å². The number of carbonyl (C=O) groups excluding carboxylic acids is 1. The number of nitrogens with zero attached hydrogens (tertiary/aromatic N) is 2. The SMILES string of the molecule is C[N+](C)([O-])c1cc(NC(=O)Nc2ccccc2)cc[n+]1[O-]. The summed E-state index contributed by atoms with van der Waals surface area (Å²) >= 11 is 0.